The van der Waals surface area contributed by atoms with Crippen molar-refractivity contribution in [2.24, 2.45) is 11.5 Å². The Bertz CT molecular complexity index is 224. The molecule has 0 aliphatic carbocycles. The maximum Gasteiger partial charge on any atom is 0.183 e. The third kappa shape index (κ3) is 8.54. The maximum atomic E-state index is 10.3. The normalized spacial score (nSPS) is 17.0. The van der Waals surface area contributed by atoms with Crippen LogP contribution in [0.5, 0.6) is 0 Å². The molecule has 102 valence electrons. The summed E-state index contributed by atoms with van der Waals surface area (Å²) >= 11 is 0. The van der Waals surface area contributed by atoms with Gasteiger partial charge in [-0.1, -0.05) is 0 Å². The SMILES string of the molecule is CN[C@@H](C=O)[C@@H](O)[C@H](O)[C@H](O)CO.N=C(N)N. The molecular weight excluding hydrogens is 232 g/mol. The zero-order valence-corrected chi connectivity index (χ0v) is 9.45. The van der Waals surface area contributed by atoms with E-state index < -0.39 is 31.0 Å². The van der Waals surface area contributed by atoms with Crippen LogP contribution in [0, 0.1) is 5.41 Å². The highest BCUT2D eigenvalue weighted by atomic mass is 16.4. The van der Waals surface area contributed by atoms with E-state index >= 15 is 0 Å². The molecule has 0 saturated carbocycles. The molecule has 4 atom stereocenters. The molecular formula is C8H20N4O5. The van der Waals surface area contributed by atoms with Crippen LogP contribution in [0.2, 0.25) is 0 Å². The van der Waals surface area contributed by atoms with Gasteiger partial charge in [-0.05, 0) is 7.05 Å². The lowest BCUT2D eigenvalue weighted by Gasteiger charge is -2.25. The molecule has 0 bridgehead atoms. The van der Waals surface area contributed by atoms with Crippen molar-refractivity contribution < 1.29 is 25.2 Å². The lowest BCUT2D eigenvalue weighted by Crippen LogP contribution is -2.51. The molecule has 0 saturated heterocycles. The zero-order valence-electron chi connectivity index (χ0n) is 9.45. The molecule has 0 aromatic carbocycles. The van der Waals surface area contributed by atoms with Crippen molar-refractivity contribution in [1.29, 1.82) is 5.41 Å². The fraction of sp³-hybridized carbons (Fsp3) is 0.750. The lowest BCUT2D eigenvalue weighted by molar-refractivity contribution is -0.119. The quantitative estimate of drug-likeness (QED) is 0.132. The molecule has 17 heavy (non-hydrogen) atoms. The van der Waals surface area contributed by atoms with Crippen LogP contribution in [0.25, 0.3) is 0 Å². The minimum Gasteiger partial charge on any atom is -0.394 e. The molecule has 0 aromatic heterocycles. The van der Waals surface area contributed by atoms with Gasteiger partial charge in [0.25, 0.3) is 0 Å². The maximum absolute atomic E-state index is 10.3. The van der Waals surface area contributed by atoms with E-state index in [1.165, 1.54) is 7.05 Å². The smallest absolute Gasteiger partial charge is 0.183 e. The summed E-state index contributed by atoms with van der Waals surface area (Å²) in [6, 6.07) is -0.962. The second-order valence-corrected chi connectivity index (χ2v) is 3.14. The average molecular weight is 252 g/mol. The molecule has 0 aliphatic heterocycles. The van der Waals surface area contributed by atoms with E-state index in [4.69, 9.17) is 20.7 Å². The van der Waals surface area contributed by atoms with Crippen LogP contribution in [0.15, 0.2) is 0 Å². The van der Waals surface area contributed by atoms with Gasteiger partial charge in [0.15, 0.2) is 5.96 Å². The summed E-state index contributed by atoms with van der Waals surface area (Å²) in [4.78, 5) is 10.3. The number of carbonyl (C=O) groups excluding carboxylic acids is 1. The van der Waals surface area contributed by atoms with Crippen molar-refractivity contribution in [3.8, 4) is 0 Å². The number of aliphatic hydroxyl groups excluding tert-OH is 4. The average Bonchev–Trinajstić information content (AvgIpc) is 2.27. The minimum absolute atomic E-state index is 0.333. The molecule has 0 amide bonds. The zero-order chi connectivity index (χ0) is 14.0. The Labute approximate surface area is 98.6 Å². The summed E-state index contributed by atoms with van der Waals surface area (Å²) in [6.45, 7) is -0.673. The van der Waals surface area contributed by atoms with Crippen LogP contribution in [-0.4, -0.2) is 70.7 Å². The van der Waals surface area contributed by atoms with Gasteiger partial charge in [0.1, 0.15) is 24.6 Å². The number of aliphatic hydroxyl groups is 4. The van der Waals surface area contributed by atoms with E-state index in [-0.39, 0.29) is 5.96 Å². The molecule has 0 rings (SSSR count). The van der Waals surface area contributed by atoms with Gasteiger partial charge >= 0.3 is 0 Å². The molecule has 0 unspecified atom stereocenters. The van der Waals surface area contributed by atoms with Crippen LogP contribution in [-0.2, 0) is 4.79 Å². The number of aldehydes is 1. The van der Waals surface area contributed by atoms with Crippen molar-refractivity contribution in [1.82, 2.24) is 5.32 Å². The molecule has 9 heteroatoms. The van der Waals surface area contributed by atoms with Gasteiger partial charge in [0.05, 0.1) is 12.6 Å². The Morgan fingerprint density at radius 3 is 2.00 bits per heavy atom. The van der Waals surface area contributed by atoms with Gasteiger partial charge in [-0.25, -0.2) is 0 Å². The molecule has 0 fully saturated rings. The first-order valence-electron chi connectivity index (χ1n) is 4.68. The first-order chi connectivity index (χ1) is 7.81. The highest BCUT2D eigenvalue weighted by Crippen LogP contribution is 2.03. The van der Waals surface area contributed by atoms with Crippen molar-refractivity contribution in [3.63, 3.8) is 0 Å². The van der Waals surface area contributed by atoms with E-state index in [9.17, 15) is 9.90 Å². The highest BCUT2D eigenvalue weighted by molar-refractivity contribution is 5.71. The van der Waals surface area contributed by atoms with Crippen molar-refractivity contribution in [3.05, 3.63) is 0 Å². The Balaban J connectivity index is 0. The van der Waals surface area contributed by atoms with Crippen LogP contribution in [0.3, 0.4) is 0 Å². The fourth-order valence-corrected chi connectivity index (χ4v) is 0.867. The summed E-state index contributed by atoms with van der Waals surface area (Å²) in [6.07, 6.45) is -4.03. The third-order valence-electron chi connectivity index (χ3n) is 1.78. The first kappa shape index (κ1) is 18.1. The topological polar surface area (TPSA) is 186 Å². The van der Waals surface area contributed by atoms with E-state index in [0.717, 1.165) is 0 Å². The van der Waals surface area contributed by atoms with E-state index in [1.807, 2.05) is 0 Å². The Hall–Kier alpha value is -1.26. The number of guanidine groups is 1. The largest absolute Gasteiger partial charge is 0.394 e. The first-order valence-corrected chi connectivity index (χ1v) is 4.68. The molecule has 10 N–H and O–H groups in total. The second-order valence-electron chi connectivity index (χ2n) is 3.14. The van der Waals surface area contributed by atoms with E-state index in [2.05, 4.69) is 16.8 Å². The van der Waals surface area contributed by atoms with Gasteiger partial charge in [0, 0.05) is 0 Å². The van der Waals surface area contributed by atoms with Gasteiger partial charge < -0.3 is 42.0 Å². The lowest BCUT2D eigenvalue weighted by atomic mass is 10.0. The van der Waals surface area contributed by atoms with Crippen LogP contribution in [0.4, 0.5) is 0 Å². The summed E-state index contributed by atoms with van der Waals surface area (Å²) in [5.74, 6) is -0.333. The molecule has 0 spiro atoms. The van der Waals surface area contributed by atoms with Crippen LogP contribution < -0.4 is 16.8 Å². The predicted molar refractivity (Wildman–Crippen MR) is 60.1 cm³/mol. The number of hydrogen-bond acceptors (Lipinski definition) is 7. The predicted octanol–water partition coefficient (Wildman–Crippen LogP) is -4.31. The number of rotatable bonds is 6. The molecule has 0 aliphatic rings. The summed E-state index contributed by atoms with van der Waals surface area (Å²) in [5.41, 5.74) is 8.94. The number of hydrogen-bond donors (Lipinski definition) is 8. The van der Waals surface area contributed by atoms with E-state index in [0.29, 0.717) is 6.29 Å². The summed E-state index contributed by atoms with van der Waals surface area (Å²) in [5, 5.41) is 44.3. The van der Waals surface area contributed by atoms with Crippen molar-refractivity contribution in [2.75, 3.05) is 13.7 Å². The number of carbonyl (C=O) groups is 1. The Morgan fingerprint density at radius 2 is 1.76 bits per heavy atom. The van der Waals surface area contributed by atoms with Gasteiger partial charge in [-0.3, -0.25) is 5.41 Å². The number of likely N-dealkylation sites (N-methyl/N-ethyl adjacent to an activating group) is 1. The minimum atomic E-state index is -1.55. The molecule has 0 heterocycles. The summed E-state index contributed by atoms with van der Waals surface area (Å²) in [7, 11) is 1.43. The fourth-order valence-electron chi connectivity index (χ4n) is 0.867. The van der Waals surface area contributed by atoms with Crippen molar-refractivity contribution >= 4 is 12.2 Å². The number of nitrogens with two attached hydrogens (primary N) is 2. The molecule has 0 radical (unpaired) electrons. The third-order valence-corrected chi connectivity index (χ3v) is 1.78. The highest BCUT2D eigenvalue weighted by Gasteiger charge is 2.29. The summed E-state index contributed by atoms with van der Waals surface area (Å²) < 4.78 is 0. The molecule has 0 aromatic rings. The van der Waals surface area contributed by atoms with Crippen LogP contribution >= 0.6 is 0 Å². The van der Waals surface area contributed by atoms with Gasteiger partial charge in [-0.2, -0.15) is 0 Å². The van der Waals surface area contributed by atoms with E-state index in [1.54, 1.807) is 0 Å². The van der Waals surface area contributed by atoms with Crippen molar-refractivity contribution in [2.45, 2.75) is 24.4 Å². The standard InChI is InChI=1S/C7H15NO5.CH5N3/c1-8-4(2-9)6(12)7(13)5(11)3-10;2-1(3)4/h2,4-8,10-13H,3H2,1H3;(H5,2,3,4)/t4-,5+,6+,7+;/m0./s1. The van der Waals surface area contributed by atoms with Crippen LogP contribution in [0.1, 0.15) is 0 Å². The monoisotopic (exact) mass is 252 g/mol. The van der Waals surface area contributed by atoms with Gasteiger partial charge in [-0.15, -0.1) is 0 Å². The second kappa shape index (κ2) is 9.93. The number of nitrogens with one attached hydrogen (secondary N) is 2. The Kier molecular flexibility index (Phi) is 10.6. The van der Waals surface area contributed by atoms with Gasteiger partial charge in [0.2, 0.25) is 0 Å². The Morgan fingerprint density at radius 1 is 1.35 bits per heavy atom. The molecule has 9 nitrogen and oxygen atoms in total.